The number of amides is 1. The molecular weight excluding hydrogens is 174 g/mol. The Bertz CT molecular complexity index is 189. The minimum atomic E-state index is -0.394. The summed E-state index contributed by atoms with van der Waals surface area (Å²) in [6.45, 7) is 5.98. The van der Waals surface area contributed by atoms with Gasteiger partial charge in [0.15, 0.2) is 0 Å². The van der Waals surface area contributed by atoms with E-state index in [0.29, 0.717) is 0 Å². The second-order valence-electron chi connectivity index (χ2n) is 1.63. The fraction of sp³-hybridized carbons (Fsp3) is 0.250. The third-order valence-electron chi connectivity index (χ3n) is 0.807. The molecule has 5 heteroatoms. The van der Waals surface area contributed by atoms with E-state index < -0.39 is 5.97 Å². The van der Waals surface area contributed by atoms with Crippen LogP contribution in [-0.2, 0) is 14.3 Å². The number of hydrogen-bond donors (Lipinski definition) is 2. The minimum Gasteiger partial charge on any atom is -0.466 e. The number of hydrogen-bond acceptors (Lipinski definition) is 4. The molecule has 1 amide bonds. The molecule has 0 atom stereocenters. The lowest BCUT2D eigenvalue weighted by atomic mass is 10.6. The topological polar surface area (TPSA) is 75.6 Å². The van der Waals surface area contributed by atoms with Crippen molar-refractivity contribution in [2.24, 2.45) is 0 Å². The predicted octanol–water partition coefficient (Wildman–Crippen LogP) is -0.416. The molecule has 5 nitrogen and oxygen atoms in total. The molecule has 0 rings (SSSR count). The molecule has 0 radical (unpaired) electrons. The van der Waals surface area contributed by atoms with E-state index in [0.717, 1.165) is 12.2 Å². The maximum atomic E-state index is 10.0. The van der Waals surface area contributed by atoms with E-state index >= 15 is 0 Å². The van der Waals surface area contributed by atoms with Crippen molar-refractivity contribution >= 4 is 11.9 Å². The van der Waals surface area contributed by atoms with Crippen LogP contribution < -0.4 is 5.32 Å². The van der Waals surface area contributed by atoms with Crippen LogP contribution in [0.15, 0.2) is 25.3 Å². The van der Waals surface area contributed by atoms with Gasteiger partial charge in [-0.15, -0.1) is 0 Å². The van der Waals surface area contributed by atoms with E-state index in [1.54, 1.807) is 0 Å². The normalized spacial score (nSPS) is 7.23. The largest absolute Gasteiger partial charge is 0.466 e. The van der Waals surface area contributed by atoms with Crippen molar-refractivity contribution in [3.63, 3.8) is 0 Å². The maximum Gasteiger partial charge on any atom is 0.329 e. The first-order valence-corrected chi connectivity index (χ1v) is 3.33. The first-order valence-electron chi connectivity index (χ1n) is 3.33. The number of carbonyl (C=O) groups excluding carboxylic acids is 2. The average Bonchev–Trinajstić information content (AvgIpc) is 2.18. The van der Waals surface area contributed by atoms with Crippen LogP contribution in [0.25, 0.3) is 0 Å². The van der Waals surface area contributed by atoms with Crippen molar-refractivity contribution in [3.05, 3.63) is 25.3 Å². The highest BCUT2D eigenvalue weighted by atomic mass is 16.5. The molecule has 0 bridgehead atoms. The molecule has 0 aliphatic carbocycles. The molecule has 0 aromatic carbocycles. The molecule has 0 saturated heterocycles. The Balaban J connectivity index is 0. The number of esters is 1. The van der Waals surface area contributed by atoms with Gasteiger partial charge in [-0.05, 0) is 6.08 Å². The van der Waals surface area contributed by atoms with E-state index in [-0.39, 0.29) is 12.6 Å². The van der Waals surface area contributed by atoms with Crippen LogP contribution in [0.5, 0.6) is 0 Å². The average molecular weight is 187 g/mol. The van der Waals surface area contributed by atoms with Crippen LogP contribution in [-0.4, -0.2) is 30.8 Å². The second kappa shape index (κ2) is 10.4. The van der Waals surface area contributed by atoms with Crippen molar-refractivity contribution in [3.8, 4) is 0 Å². The quantitative estimate of drug-likeness (QED) is 0.357. The maximum absolute atomic E-state index is 10.0. The molecule has 2 N–H and O–H groups in total. The fourth-order valence-corrected chi connectivity index (χ4v) is 0.233. The van der Waals surface area contributed by atoms with E-state index in [1.165, 1.54) is 7.11 Å². The third kappa shape index (κ3) is 13.4. The molecule has 0 saturated carbocycles. The Morgan fingerprint density at radius 2 is 2.00 bits per heavy atom. The summed E-state index contributed by atoms with van der Waals surface area (Å²) in [5, 5.41) is 10.1. The van der Waals surface area contributed by atoms with Gasteiger partial charge in [0.25, 0.3) is 0 Å². The summed E-state index contributed by atoms with van der Waals surface area (Å²) in [5.41, 5.74) is 0. The van der Waals surface area contributed by atoms with Gasteiger partial charge in [-0.2, -0.15) is 0 Å². The summed E-state index contributed by atoms with van der Waals surface area (Å²) in [4.78, 5) is 19.9. The number of rotatable bonds is 3. The van der Waals surface area contributed by atoms with Gasteiger partial charge >= 0.3 is 5.97 Å². The SMILES string of the molecule is C=CC(=O)NCO.C=CC(=O)OC. The molecule has 13 heavy (non-hydrogen) atoms. The lowest BCUT2D eigenvalue weighted by Gasteiger charge is -1.89. The van der Waals surface area contributed by atoms with Crippen LogP contribution in [0, 0.1) is 0 Å². The molecule has 74 valence electrons. The summed E-state index contributed by atoms with van der Waals surface area (Å²) in [6, 6.07) is 0. The van der Waals surface area contributed by atoms with Gasteiger partial charge < -0.3 is 15.2 Å². The highest BCUT2D eigenvalue weighted by Crippen LogP contribution is 1.67. The Kier molecular flexibility index (Phi) is 11.1. The number of carbonyl (C=O) groups is 2. The molecule has 0 fully saturated rings. The van der Waals surface area contributed by atoms with E-state index in [2.05, 4.69) is 23.2 Å². The van der Waals surface area contributed by atoms with Gasteiger partial charge in [0.2, 0.25) is 5.91 Å². The van der Waals surface area contributed by atoms with E-state index in [4.69, 9.17) is 5.11 Å². The first-order chi connectivity index (χ1) is 6.12. The lowest BCUT2D eigenvalue weighted by Crippen LogP contribution is -2.20. The Hall–Kier alpha value is -1.62. The van der Waals surface area contributed by atoms with Gasteiger partial charge in [-0.3, -0.25) is 4.79 Å². The van der Waals surface area contributed by atoms with Crippen LogP contribution in [0.1, 0.15) is 0 Å². The molecule has 0 aliphatic heterocycles. The summed E-state index contributed by atoms with van der Waals surface area (Å²) in [5.74, 6) is -0.752. The highest BCUT2D eigenvalue weighted by molar-refractivity contribution is 5.86. The van der Waals surface area contributed by atoms with Crippen molar-refractivity contribution in [1.82, 2.24) is 5.32 Å². The Morgan fingerprint density at radius 3 is 2.08 bits per heavy atom. The lowest BCUT2D eigenvalue weighted by molar-refractivity contribution is -0.134. The van der Waals surface area contributed by atoms with Crippen LogP contribution >= 0.6 is 0 Å². The Morgan fingerprint density at radius 1 is 1.46 bits per heavy atom. The number of methoxy groups -OCH3 is 1. The summed E-state index contributed by atoms with van der Waals surface area (Å²) in [7, 11) is 1.31. The van der Waals surface area contributed by atoms with Gasteiger partial charge in [0, 0.05) is 6.08 Å². The van der Waals surface area contributed by atoms with E-state index in [9.17, 15) is 9.59 Å². The predicted molar refractivity (Wildman–Crippen MR) is 47.6 cm³/mol. The summed E-state index contributed by atoms with van der Waals surface area (Å²) < 4.78 is 4.14. The number of aliphatic hydroxyl groups excluding tert-OH is 1. The number of nitrogens with one attached hydrogen (secondary N) is 1. The first kappa shape index (κ1) is 13.9. The van der Waals surface area contributed by atoms with Gasteiger partial charge in [0.1, 0.15) is 6.73 Å². The zero-order valence-electron chi connectivity index (χ0n) is 7.45. The monoisotopic (exact) mass is 187 g/mol. The molecular formula is C8H13NO4. The smallest absolute Gasteiger partial charge is 0.329 e. The third-order valence-corrected chi connectivity index (χ3v) is 0.807. The van der Waals surface area contributed by atoms with Crippen molar-refractivity contribution < 1.29 is 19.4 Å². The van der Waals surface area contributed by atoms with Crippen molar-refractivity contribution in [2.45, 2.75) is 0 Å². The standard InChI is InChI=1S/C4H7NO2.C4H6O2/c1-2-4(7)5-3-6;1-3-4(5)6-2/h2,6H,1,3H2,(H,5,7);3H,1H2,2H3. The van der Waals surface area contributed by atoms with Crippen molar-refractivity contribution in [2.75, 3.05) is 13.8 Å². The van der Waals surface area contributed by atoms with Gasteiger partial charge in [-0.1, -0.05) is 13.2 Å². The molecule has 0 aromatic heterocycles. The summed E-state index contributed by atoms with van der Waals surface area (Å²) in [6.07, 6.45) is 2.20. The van der Waals surface area contributed by atoms with Gasteiger partial charge in [-0.25, -0.2) is 4.79 Å². The molecule has 0 aromatic rings. The minimum absolute atomic E-state index is 0.329. The van der Waals surface area contributed by atoms with Crippen molar-refractivity contribution in [1.29, 1.82) is 0 Å². The molecule has 0 aliphatic rings. The van der Waals surface area contributed by atoms with Crippen LogP contribution in [0.4, 0.5) is 0 Å². The number of ether oxygens (including phenoxy) is 1. The highest BCUT2D eigenvalue weighted by Gasteiger charge is 1.84. The Labute approximate surface area is 76.7 Å². The van der Waals surface area contributed by atoms with Crippen LogP contribution in [0.3, 0.4) is 0 Å². The molecule has 0 spiro atoms. The second-order valence-corrected chi connectivity index (χ2v) is 1.63. The number of aliphatic hydroxyl groups is 1. The zero-order chi connectivity index (χ0) is 10.7. The fourth-order valence-electron chi connectivity index (χ4n) is 0.233. The van der Waals surface area contributed by atoms with Gasteiger partial charge in [0.05, 0.1) is 7.11 Å². The molecule has 0 unspecified atom stereocenters. The zero-order valence-corrected chi connectivity index (χ0v) is 7.45. The summed E-state index contributed by atoms with van der Waals surface area (Å²) >= 11 is 0. The van der Waals surface area contributed by atoms with Crippen LogP contribution in [0.2, 0.25) is 0 Å². The van der Waals surface area contributed by atoms with E-state index in [1.807, 2.05) is 0 Å². The molecule has 0 heterocycles.